The molecule has 126 heavy (non-hydrogen) atoms. The van der Waals surface area contributed by atoms with Gasteiger partial charge in [0.1, 0.15) is 101 Å². The highest BCUT2D eigenvalue weighted by Crippen LogP contribution is 2.55. The Morgan fingerprint density at radius 3 is 1.98 bits per heavy atom. The second-order valence-electron chi connectivity index (χ2n) is 34.8. The summed E-state index contributed by atoms with van der Waals surface area (Å²) in [6, 6.07) is 5.06. The molecule has 0 spiro atoms. The highest BCUT2D eigenvalue weighted by Gasteiger charge is 2.53. The third-order valence-corrected chi connectivity index (χ3v) is 26.6. The molecule has 36 nitrogen and oxygen atoms in total. The molecule has 0 unspecified atom stereocenters. The van der Waals surface area contributed by atoms with Crippen LogP contribution in [0.4, 0.5) is 0 Å². The van der Waals surface area contributed by atoms with Crippen molar-refractivity contribution in [3.8, 4) is 62.9 Å². The van der Waals surface area contributed by atoms with Gasteiger partial charge in [-0.05, 0) is 215 Å². The zero-order valence-electron chi connectivity index (χ0n) is 70.1. The average Bonchev–Trinajstić information content (AvgIpc) is 0.755. The molecule has 7 heterocycles. The minimum Gasteiger partial charge on any atom is -0.508 e. The van der Waals surface area contributed by atoms with Crippen LogP contribution in [0.2, 0.25) is 5.02 Å². The van der Waals surface area contributed by atoms with E-state index in [9.17, 15) is 64.0 Å². The van der Waals surface area contributed by atoms with Crippen molar-refractivity contribution in [2.45, 2.75) is 232 Å². The van der Waals surface area contributed by atoms with E-state index in [1.165, 1.54) is 70.3 Å². The van der Waals surface area contributed by atoms with Crippen molar-refractivity contribution in [3.05, 3.63) is 142 Å². The highest BCUT2D eigenvalue weighted by atomic mass is 35.5. The molecule has 2 saturated heterocycles. The number of carbonyl (C=O) groups is 8. The van der Waals surface area contributed by atoms with Gasteiger partial charge in [0.05, 0.1) is 47.8 Å². The number of rotatable bonds is 21. The van der Waals surface area contributed by atoms with Gasteiger partial charge in [-0.15, -0.1) is 0 Å². The number of aromatic hydroxyl groups is 3. The number of carbonyl (C=O) groups excluding carboxylic acids is 8. The van der Waals surface area contributed by atoms with Crippen molar-refractivity contribution in [2.24, 2.45) is 35.3 Å². The third-order valence-electron chi connectivity index (χ3n) is 24.9. The van der Waals surface area contributed by atoms with Gasteiger partial charge < -0.3 is 127 Å². The molecule has 0 aromatic heterocycles. The molecule has 6 fully saturated rings. The molecule has 6 aromatic carbocycles. The quantitative estimate of drug-likeness (QED) is 0.0449. The summed E-state index contributed by atoms with van der Waals surface area (Å²) in [6.07, 6.45) is -12.2. The van der Waals surface area contributed by atoms with E-state index in [0.717, 1.165) is 106 Å². The van der Waals surface area contributed by atoms with Gasteiger partial charge in [0.15, 0.2) is 23.9 Å². The Bertz CT molecular complexity index is 5230. The van der Waals surface area contributed by atoms with Crippen LogP contribution in [0.3, 0.4) is 0 Å². The number of aliphatic hydroxyl groups is 6. The van der Waals surface area contributed by atoms with Crippen LogP contribution in [-0.4, -0.2) is 207 Å². The molecule has 38 heteroatoms. The zero-order valence-corrected chi connectivity index (χ0v) is 71.7. The van der Waals surface area contributed by atoms with Gasteiger partial charge in [0.2, 0.25) is 59.3 Å². The molecule has 15 bridgehead atoms. The Morgan fingerprint density at radius 2 is 1.33 bits per heavy atom. The van der Waals surface area contributed by atoms with Crippen LogP contribution in [0, 0.1) is 36.5 Å². The van der Waals surface area contributed by atoms with Crippen LogP contribution in [0.25, 0.3) is 11.1 Å². The second kappa shape index (κ2) is 37.8. The number of likely N-dealkylation sites (N-methyl/N-ethyl adjacent to an activating group) is 1. The van der Waals surface area contributed by atoms with E-state index in [2.05, 4.69) is 42.5 Å². The number of halogens is 1. The van der Waals surface area contributed by atoms with E-state index in [0.29, 0.717) is 30.6 Å². The fraction of sp³-hybridized carbons (Fsp3) is 0.500. The fourth-order valence-corrected chi connectivity index (χ4v) is 19.8. The standard InChI is InChI=1S/C88H107ClN10O26S/c1-8-9-10-21-119-50-14-16-51(17-15-50)126(117,118)99-64(104)35-56-81(111)94-69-48-31-61(121-59-19-12-44(23-39(59)4)73(105)71(85(115)92-56)97-80(110)55(91-7)22-38(2)3)77(125-87-78(76(108)75(107)63(37-100)123-87)124-65-36-88(6,90)79(109)40(5)120-65)62(32-48)122-60-20-13-45(30-54(60)89)74(106)72-86(116)96-70(84(114)93-67-46-25-41-24-42(27-46)28-47(67)26-41)53-33-49(101)34-58(103)66(53)52-29-43(11-18-57(52)102)68(82(112)98-72)95-83(69)113/h11-20,23,29-34,38,40-42,46-47,55-56,63,65,67-76,78-79,87,91,100-103,105-109H,8-10,21-22,24-28,35-37,90H2,1-7H3,(H,92,115)(H,93,114)(H,94,111)(H,95,113)(H,96,116)(H,97,110)(H,98,112)(H,99,104)/t40-,41?,42?,46?,47?,55+,56-,63+,65-,67?,68+,69+,70-,71+,72-,73+,74+,75+,76-,78+,79+,87-,88-/m0/s1. The molecule has 8 amide bonds. The van der Waals surface area contributed by atoms with Crippen LogP contribution in [0.15, 0.2) is 108 Å². The molecule has 20 N–H and O–H groups in total. The Morgan fingerprint density at radius 1 is 0.690 bits per heavy atom. The molecule has 4 saturated carbocycles. The maximum absolute atomic E-state index is 16.7. The summed E-state index contributed by atoms with van der Waals surface area (Å²) >= 11 is 7.30. The van der Waals surface area contributed by atoms with Gasteiger partial charge in [0.25, 0.3) is 10.0 Å². The molecular weight excluding hydrogens is 1680 g/mol. The van der Waals surface area contributed by atoms with Crippen LogP contribution < -0.4 is 71.9 Å². The Hall–Kier alpha value is -10.5. The second-order valence-corrected chi connectivity index (χ2v) is 36.9. The van der Waals surface area contributed by atoms with Gasteiger partial charge in [-0.25, -0.2) is 13.1 Å². The molecule has 7 aliphatic heterocycles. The smallest absolute Gasteiger partial charge is 0.264 e. The first kappa shape index (κ1) is 91.7. The molecule has 18 atom stereocenters. The van der Waals surface area contributed by atoms with Gasteiger partial charge >= 0.3 is 0 Å². The van der Waals surface area contributed by atoms with Gasteiger partial charge in [0, 0.05) is 35.2 Å². The number of nitrogens with two attached hydrogens (primary N) is 1. The number of nitrogens with one attached hydrogen (secondary N) is 9. The summed E-state index contributed by atoms with van der Waals surface area (Å²) < 4.78 is 75.7. The highest BCUT2D eigenvalue weighted by molar-refractivity contribution is 7.90. The number of unbranched alkanes of at least 4 members (excludes halogenated alkanes) is 2. The number of phenolic OH excluding ortho intramolecular Hbond substituents is 3. The summed E-state index contributed by atoms with van der Waals surface area (Å²) in [5.41, 5.74) is 3.11. The lowest BCUT2D eigenvalue weighted by molar-refractivity contribution is -0.333. The third kappa shape index (κ3) is 19.6. The molecule has 678 valence electrons. The maximum Gasteiger partial charge on any atom is 0.264 e. The number of fused-ring (bicyclic) bond motifs is 15. The largest absolute Gasteiger partial charge is 0.508 e. The first-order chi connectivity index (χ1) is 59.9. The minimum atomic E-state index is -4.91. The number of benzene rings is 6. The molecule has 0 radical (unpaired) electrons. The number of ether oxygens (including phenoxy) is 7. The van der Waals surface area contributed by atoms with Crippen LogP contribution in [0.1, 0.15) is 169 Å². The summed E-state index contributed by atoms with van der Waals surface area (Å²) in [7, 11) is -3.43. The van der Waals surface area contributed by atoms with Gasteiger partial charge in [-0.3, -0.25) is 38.4 Å². The number of sulfonamides is 1. The lowest BCUT2D eigenvalue weighted by atomic mass is 9.54. The van der Waals surface area contributed by atoms with E-state index in [4.69, 9.17) is 50.5 Å². The van der Waals surface area contributed by atoms with E-state index in [1.807, 2.05) is 25.5 Å². The van der Waals surface area contributed by atoms with Crippen molar-refractivity contribution < 1.29 is 126 Å². The summed E-state index contributed by atoms with van der Waals surface area (Å²) in [4.78, 5) is 125. The van der Waals surface area contributed by atoms with E-state index < -0.39 is 236 Å². The lowest BCUT2D eigenvalue weighted by Gasteiger charge is -2.54. The van der Waals surface area contributed by atoms with Gasteiger partial charge in [-0.1, -0.05) is 63.4 Å². The average molecular weight is 1790 g/mol. The molecule has 11 aliphatic rings. The van der Waals surface area contributed by atoms with E-state index in [1.54, 1.807) is 0 Å². The SMILES string of the molecule is CCCCCOc1ccc(S(=O)(=O)NC(=O)C[C@@H]2NC(=O)[C@H](NC(=O)[C@@H](CC(C)C)NC)[C@H](O)c3ccc(c(C)c3)Oc3cc4cc(c3O[C@@H]3O[C@H](CO)[C@@H](O)[C@H](O)[C@H]3O[C@H]3C[C@](C)(N)[C@H](O)[C@H](C)O3)Oc3ccc(cc3Cl)[C@@H](O)[C@@H]3NC(=O)[C@H](NC(=O)[C@@H]4NC2=O)c2ccc(O)c(c2)-c2c(O)cc(O)cc2[C@@H](C(=O)NC2C4CC5CC(C4)CC2C5)NC3=O)cc1. The number of aryl methyl sites for hydroxylation is 1. The number of phenols is 3. The van der Waals surface area contributed by atoms with Crippen molar-refractivity contribution in [2.75, 3.05) is 20.3 Å². The molecular formula is C88H107ClN10O26S. The topological polar surface area (TPSA) is 552 Å². The van der Waals surface area contributed by atoms with E-state index >= 15 is 28.8 Å². The number of hydrogen-bond donors (Lipinski definition) is 19. The summed E-state index contributed by atoms with van der Waals surface area (Å²) in [5.74, 6) is -13.5. The Labute approximate surface area is 730 Å². The molecule has 6 aromatic rings. The van der Waals surface area contributed by atoms with Crippen molar-refractivity contribution >= 4 is 68.9 Å². The zero-order chi connectivity index (χ0) is 90.4. The fourth-order valence-electron chi connectivity index (χ4n) is 18.6. The Kier molecular flexibility index (Phi) is 27.5. The monoisotopic (exact) mass is 1790 g/mol. The lowest BCUT2D eigenvalue weighted by Crippen LogP contribution is -2.64. The first-order valence-electron chi connectivity index (χ1n) is 42.2. The van der Waals surface area contributed by atoms with Crippen LogP contribution in [-0.2, 0) is 62.6 Å². The van der Waals surface area contributed by atoms with Crippen LogP contribution in [0.5, 0.6) is 51.7 Å². The molecule has 4 aliphatic carbocycles. The van der Waals surface area contributed by atoms with Crippen molar-refractivity contribution in [1.82, 2.24) is 47.3 Å². The minimum absolute atomic E-state index is 0.0498. The predicted octanol–water partition coefficient (Wildman–Crippen LogP) is 4.21. The summed E-state index contributed by atoms with van der Waals surface area (Å²) in [6.45, 7) is 9.48. The van der Waals surface area contributed by atoms with E-state index in [-0.39, 0.29) is 81.0 Å². The Balaban J connectivity index is 0.964. The predicted molar refractivity (Wildman–Crippen MR) is 448 cm³/mol. The first-order valence-corrected chi connectivity index (χ1v) is 44.1. The van der Waals surface area contributed by atoms with Crippen LogP contribution >= 0.6 is 11.6 Å². The summed E-state index contributed by atoms with van der Waals surface area (Å²) in [5, 5.41) is 128. The number of amides is 8. The number of aliphatic hydroxyl groups excluding tert-OH is 6. The molecule has 17 rings (SSSR count). The number of hydrogen-bond acceptors (Lipinski definition) is 28. The normalized spacial score (nSPS) is 30.3. The van der Waals surface area contributed by atoms with Crippen molar-refractivity contribution in [3.63, 3.8) is 0 Å². The maximum atomic E-state index is 16.7. The van der Waals surface area contributed by atoms with Gasteiger partial charge in [-0.2, -0.15) is 0 Å². The van der Waals surface area contributed by atoms with Crippen molar-refractivity contribution in [1.29, 1.82) is 0 Å².